The molecule has 0 aliphatic rings. The summed E-state index contributed by atoms with van der Waals surface area (Å²) in [5.74, 6) is -0.845. The zero-order chi connectivity index (χ0) is 14.0. The molecular formula is C13H16N2O4. The SMILES string of the molecule is CCOC(=O)C(C)(C)Nc1ccc2[nH]c(=O)oc2c1. The number of anilines is 1. The van der Waals surface area contributed by atoms with Gasteiger partial charge in [-0.1, -0.05) is 0 Å². The zero-order valence-corrected chi connectivity index (χ0v) is 11.1. The van der Waals surface area contributed by atoms with Crippen molar-refractivity contribution < 1.29 is 13.9 Å². The number of esters is 1. The van der Waals surface area contributed by atoms with Crippen molar-refractivity contribution in [2.45, 2.75) is 26.3 Å². The van der Waals surface area contributed by atoms with Crippen LogP contribution >= 0.6 is 0 Å². The van der Waals surface area contributed by atoms with Gasteiger partial charge in [0.1, 0.15) is 5.54 Å². The van der Waals surface area contributed by atoms with Crippen molar-refractivity contribution in [1.82, 2.24) is 4.98 Å². The maximum absolute atomic E-state index is 11.8. The van der Waals surface area contributed by atoms with Crippen LogP contribution in [-0.2, 0) is 9.53 Å². The van der Waals surface area contributed by atoms with E-state index < -0.39 is 11.3 Å². The maximum atomic E-state index is 11.8. The van der Waals surface area contributed by atoms with Crippen molar-refractivity contribution in [3.8, 4) is 0 Å². The number of ether oxygens (including phenoxy) is 1. The molecule has 0 aliphatic heterocycles. The molecule has 0 saturated carbocycles. The Morgan fingerprint density at radius 1 is 1.47 bits per heavy atom. The Morgan fingerprint density at radius 3 is 2.89 bits per heavy atom. The molecule has 2 N–H and O–H groups in total. The molecule has 6 heteroatoms. The van der Waals surface area contributed by atoms with Crippen LogP contribution < -0.4 is 11.1 Å². The monoisotopic (exact) mass is 264 g/mol. The first-order valence-electron chi connectivity index (χ1n) is 6.00. The van der Waals surface area contributed by atoms with Gasteiger partial charge in [-0.2, -0.15) is 0 Å². The number of aromatic amines is 1. The summed E-state index contributed by atoms with van der Waals surface area (Å²) >= 11 is 0. The van der Waals surface area contributed by atoms with Gasteiger partial charge in [-0.15, -0.1) is 0 Å². The number of oxazole rings is 1. The zero-order valence-electron chi connectivity index (χ0n) is 11.1. The summed E-state index contributed by atoms with van der Waals surface area (Å²) in [7, 11) is 0. The van der Waals surface area contributed by atoms with Crippen molar-refractivity contribution in [2.75, 3.05) is 11.9 Å². The molecule has 0 aliphatic carbocycles. The van der Waals surface area contributed by atoms with E-state index in [9.17, 15) is 9.59 Å². The van der Waals surface area contributed by atoms with Crippen LogP contribution in [0.25, 0.3) is 11.1 Å². The first-order chi connectivity index (χ1) is 8.92. The highest BCUT2D eigenvalue weighted by atomic mass is 16.5. The Hall–Kier alpha value is -2.24. The van der Waals surface area contributed by atoms with Gasteiger partial charge in [0.15, 0.2) is 5.58 Å². The van der Waals surface area contributed by atoms with E-state index >= 15 is 0 Å². The van der Waals surface area contributed by atoms with Gasteiger partial charge in [-0.05, 0) is 32.9 Å². The minimum atomic E-state index is -0.861. The van der Waals surface area contributed by atoms with Crippen LogP contribution in [0.15, 0.2) is 27.4 Å². The number of hydrogen-bond acceptors (Lipinski definition) is 5. The Morgan fingerprint density at radius 2 is 2.21 bits per heavy atom. The van der Waals surface area contributed by atoms with Gasteiger partial charge in [0.25, 0.3) is 0 Å². The minimum Gasteiger partial charge on any atom is -0.464 e. The van der Waals surface area contributed by atoms with Gasteiger partial charge in [-0.25, -0.2) is 9.59 Å². The number of hydrogen-bond donors (Lipinski definition) is 2. The number of benzene rings is 1. The average molecular weight is 264 g/mol. The Labute approximate surface area is 109 Å². The van der Waals surface area contributed by atoms with E-state index in [1.54, 1.807) is 39.0 Å². The van der Waals surface area contributed by atoms with E-state index in [1.165, 1.54) is 0 Å². The van der Waals surface area contributed by atoms with Crippen molar-refractivity contribution in [2.24, 2.45) is 0 Å². The van der Waals surface area contributed by atoms with Crippen molar-refractivity contribution in [3.63, 3.8) is 0 Å². The molecule has 0 fully saturated rings. The van der Waals surface area contributed by atoms with Gasteiger partial charge in [-0.3, -0.25) is 4.98 Å². The lowest BCUT2D eigenvalue weighted by atomic mass is 10.1. The van der Waals surface area contributed by atoms with Crippen molar-refractivity contribution >= 4 is 22.8 Å². The topological polar surface area (TPSA) is 84.3 Å². The molecule has 0 amide bonds. The van der Waals surface area contributed by atoms with Crippen molar-refractivity contribution in [1.29, 1.82) is 0 Å². The van der Waals surface area contributed by atoms with E-state index in [-0.39, 0.29) is 5.97 Å². The predicted octanol–water partition coefficient (Wildman–Crippen LogP) is 1.87. The van der Waals surface area contributed by atoms with Gasteiger partial charge in [0, 0.05) is 11.8 Å². The number of H-pyrrole nitrogens is 1. The van der Waals surface area contributed by atoms with Crippen LogP contribution in [0, 0.1) is 0 Å². The molecule has 0 unspecified atom stereocenters. The third kappa shape index (κ3) is 2.78. The number of carbonyl (C=O) groups is 1. The van der Waals surface area contributed by atoms with E-state index in [1.807, 2.05) is 0 Å². The number of aromatic nitrogens is 1. The fraction of sp³-hybridized carbons (Fsp3) is 0.385. The second-order valence-electron chi connectivity index (χ2n) is 4.70. The smallest absolute Gasteiger partial charge is 0.417 e. The molecule has 19 heavy (non-hydrogen) atoms. The number of nitrogens with one attached hydrogen (secondary N) is 2. The lowest BCUT2D eigenvalue weighted by Gasteiger charge is -2.24. The van der Waals surface area contributed by atoms with Crippen LogP contribution in [0.3, 0.4) is 0 Å². The first-order valence-corrected chi connectivity index (χ1v) is 6.00. The van der Waals surface area contributed by atoms with Crippen LogP contribution in [0.5, 0.6) is 0 Å². The Bertz CT molecular complexity index is 654. The minimum absolute atomic E-state index is 0.329. The van der Waals surface area contributed by atoms with Crippen LogP contribution in [0.4, 0.5) is 5.69 Å². The van der Waals surface area contributed by atoms with Crippen LogP contribution in [-0.4, -0.2) is 23.1 Å². The third-order valence-corrected chi connectivity index (χ3v) is 2.66. The molecule has 2 aromatic rings. The molecular weight excluding hydrogens is 248 g/mol. The summed E-state index contributed by atoms with van der Waals surface area (Å²) in [5.41, 5.74) is 0.868. The molecule has 102 valence electrons. The molecule has 1 heterocycles. The van der Waals surface area contributed by atoms with E-state index in [0.717, 1.165) is 0 Å². The second kappa shape index (κ2) is 4.79. The molecule has 1 aromatic heterocycles. The summed E-state index contributed by atoms with van der Waals surface area (Å²) in [6.45, 7) is 5.54. The van der Waals surface area contributed by atoms with E-state index in [4.69, 9.17) is 9.15 Å². The fourth-order valence-electron chi connectivity index (χ4n) is 1.75. The summed E-state index contributed by atoms with van der Waals surface area (Å²) in [5, 5.41) is 3.05. The number of fused-ring (bicyclic) bond motifs is 1. The van der Waals surface area contributed by atoms with E-state index in [2.05, 4.69) is 10.3 Å². The molecule has 6 nitrogen and oxygen atoms in total. The van der Waals surface area contributed by atoms with Gasteiger partial charge >= 0.3 is 11.7 Å². The predicted molar refractivity (Wildman–Crippen MR) is 71.2 cm³/mol. The van der Waals surface area contributed by atoms with Crippen LogP contribution in [0.2, 0.25) is 0 Å². The quantitative estimate of drug-likeness (QED) is 0.823. The van der Waals surface area contributed by atoms with Gasteiger partial charge < -0.3 is 14.5 Å². The highest BCUT2D eigenvalue weighted by Gasteiger charge is 2.28. The molecule has 0 radical (unpaired) electrons. The van der Waals surface area contributed by atoms with Gasteiger partial charge in [0.2, 0.25) is 0 Å². The molecule has 0 saturated heterocycles. The Kier molecular flexibility index (Phi) is 3.33. The highest BCUT2D eigenvalue weighted by Crippen LogP contribution is 2.20. The summed E-state index contributed by atoms with van der Waals surface area (Å²) in [4.78, 5) is 25.4. The standard InChI is InChI=1S/C13H16N2O4/c1-4-18-11(16)13(2,3)15-8-5-6-9-10(7-8)19-12(17)14-9/h5-7,15H,4H2,1-3H3,(H,14,17). The largest absolute Gasteiger partial charge is 0.464 e. The lowest BCUT2D eigenvalue weighted by Crippen LogP contribution is -2.41. The number of rotatable bonds is 4. The Balaban J connectivity index is 2.25. The third-order valence-electron chi connectivity index (χ3n) is 2.66. The molecule has 0 atom stereocenters. The summed E-state index contributed by atoms with van der Waals surface area (Å²) < 4.78 is 9.95. The van der Waals surface area contributed by atoms with Crippen molar-refractivity contribution in [3.05, 3.63) is 28.7 Å². The summed E-state index contributed by atoms with van der Waals surface area (Å²) in [6.07, 6.45) is 0. The first kappa shape index (κ1) is 13.2. The lowest BCUT2D eigenvalue weighted by molar-refractivity contribution is -0.147. The van der Waals surface area contributed by atoms with Crippen LogP contribution in [0.1, 0.15) is 20.8 Å². The highest BCUT2D eigenvalue weighted by molar-refractivity contribution is 5.85. The maximum Gasteiger partial charge on any atom is 0.417 e. The van der Waals surface area contributed by atoms with E-state index in [0.29, 0.717) is 23.4 Å². The molecule has 2 rings (SSSR count). The molecule has 1 aromatic carbocycles. The number of carbonyl (C=O) groups excluding carboxylic acids is 1. The fourth-order valence-corrected chi connectivity index (χ4v) is 1.75. The van der Waals surface area contributed by atoms with Gasteiger partial charge in [0.05, 0.1) is 12.1 Å². The summed E-state index contributed by atoms with van der Waals surface area (Å²) in [6, 6.07) is 5.13. The average Bonchev–Trinajstić information content (AvgIpc) is 2.68. The molecule has 0 spiro atoms. The second-order valence-corrected chi connectivity index (χ2v) is 4.70. The molecule has 0 bridgehead atoms. The normalized spacial score (nSPS) is 11.5.